The summed E-state index contributed by atoms with van der Waals surface area (Å²) in [6, 6.07) is -1.12. The second-order valence-corrected chi connectivity index (χ2v) is 5.63. The first-order valence-corrected chi connectivity index (χ1v) is 8.43. The summed E-state index contributed by atoms with van der Waals surface area (Å²) in [6.07, 6.45) is 10.1. The van der Waals surface area contributed by atoms with E-state index in [9.17, 15) is 15.2 Å². The molecule has 0 rings (SSSR count). The van der Waals surface area contributed by atoms with Crippen LogP contribution in [0.4, 0.5) is 0 Å². The summed E-state index contributed by atoms with van der Waals surface area (Å²) < 4.78 is 0. The van der Waals surface area contributed by atoms with Gasteiger partial charge < -0.3 is 5.11 Å². The van der Waals surface area contributed by atoms with E-state index in [0.717, 1.165) is 38.5 Å². The van der Waals surface area contributed by atoms with Gasteiger partial charge in [0.15, 0.2) is 0 Å². The van der Waals surface area contributed by atoms with Gasteiger partial charge in [-0.05, 0) is 18.8 Å². The summed E-state index contributed by atoms with van der Waals surface area (Å²) >= 11 is 0. The van der Waals surface area contributed by atoms with E-state index in [1.165, 1.54) is 19.3 Å². The molecule has 0 aromatic rings. The van der Waals surface area contributed by atoms with Crippen LogP contribution in [0.5, 0.6) is 0 Å². The SMILES string of the molecule is CCCCCCCC#CC(C(O)CCCCCC)[N+](=O)[O-]. The number of hydrogen-bond acceptors (Lipinski definition) is 3. The predicted octanol–water partition coefficient (Wildman–Crippen LogP) is 4.33. The zero-order valence-corrected chi connectivity index (χ0v) is 13.6. The van der Waals surface area contributed by atoms with Crippen molar-refractivity contribution >= 4 is 0 Å². The van der Waals surface area contributed by atoms with Crippen molar-refractivity contribution in [2.75, 3.05) is 0 Å². The minimum Gasteiger partial charge on any atom is -0.385 e. The van der Waals surface area contributed by atoms with Crippen LogP contribution in [0.2, 0.25) is 0 Å². The van der Waals surface area contributed by atoms with Crippen LogP contribution in [0, 0.1) is 22.0 Å². The number of nitro groups is 1. The van der Waals surface area contributed by atoms with Crippen molar-refractivity contribution in [3.63, 3.8) is 0 Å². The van der Waals surface area contributed by atoms with Gasteiger partial charge in [-0.3, -0.25) is 10.1 Å². The Balaban J connectivity index is 4.03. The van der Waals surface area contributed by atoms with Crippen LogP contribution < -0.4 is 0 Å². The largest absolute Gasteiger partial charge is 0.385 e. The van der Waals surface area contributed by atoms with Crippen molar-refractivity contribution in [3.8, 4) is 11.8 Å². The van der Waals surface area contributed by atoms with Crippen molar-refractivity contribution in [2.24, 2.45) is 0 Å². The average molecular weight is 297 g/mol. The fraction of sp³-hybridized carbons (Fsp3) is 0.882. The molecule has 0 aromatic carbocycles. The Kier molecular flexibility index (Phi) is 13.2. The molecule has 122 valence electrons. The van der Waals surface area contributed by atoms with Crippen molar-refractivity contribution in [2.45, 2.75) is 96.6 Å². The molecule has 0 radical (unpaired) electrons. The number of hydrogen-bond donors (Lipinski definition) is 1. The summed E-state index contributed by atoms with van der Waals surface area (Å²) in [5, 5.41) is 20.9. The number of unbranched alkanes of at least 4 members (excludes halogenated alkanes) is 8. The normalized spacial score (nSPS) is 13.3. The molecule has 0 bridgehead atoms. The van der Waals surface area contributed by atoms with Crippen LogP contribution in [0.1, 0.15) is 84.5 Å². The van der Waals surface area contributed by atoms with Gasteiger partial charge in [0.2, 0.25) is 0 Å². The van der Waals surface area contributed by atoms with Crippen molar-refractivity contribution < 1.29 is 10.0 Å². The fourth-order valence-electron chi connectivity index (χ4n) is 2.22. The van der Waals surface area contributed by atoms with Crippen LogP contribution in [0.25, 0.3) is 0 Å². The molecule has 2 unspecified atom stereocenters. The third kappa shape index (κ3) is 11.3. The number of rotatable bonds is 12. The van der Waals surface area contributed by atoms with Crippen LogP contribution in [0.15, 0.2) is 0 Å². The molecular formula is C17H31NO3. The van der Waals surface area contributed by atoms with Gasteiger partial charge in [-0.15, -0.1) is 0 Å². The van der Waals surface area contributed by atoms with E-state index in [0.29, 0.717) is 12.8 Å². The standard InChI is InChI=1S/C17H31NO3/c1-3-5-7-9-10-11-12-14-16(18(20)21)17(19)15-13-8-6-4-2/h16-17,19H,3-11,13,15H2,1-2H3. The van der Waals surface area contributed by atoms with Gasteiger partial charge in [0.1, 0.15) is 6.10 Å². The Labute approximate surface area is 129 Å². The van der Waals surface area contributed by atoms with E-state index in [1.54, 1.807) is 0 Å². The van der Waals surface area contributed by atoms with Gasteiger partial charge in [-0.25, -0.2) is 0 Å². The molecule has 4 heteroatoms. The summed E-state index contributed by atoms with van der Waals surface area (Å²) in [5.74, 6) is 5.53. The van der Waals surface area contributed by atoms with Gasteiger partial charge in [-0.1, -0.05) is 71.1 Å². The molecular weight excluding hydrogens is 266 g/mol. The van der Waals surface area contributed by atoms with Gasteiger partial charge >= 0.3 is 0 Å². The maximum absolute atomic E-state index is 11.0. The molecule has 0 saturated heterocycles. The van der Waals surface area contributed by atoms with Crippen LogP contribution >= 0.6 is 0 Å². The first-order valence-electron chi connectivity index (χ1n) is 8.43. The van der Waals surface area contributed by atoms with Crippen LogP contribution in [-0.4, -0.2) is 22.2 Å². The van der Waals surface area contributed by atoms with Gasteiger partial charge in [0, 0.05) is 11.3 Å². The predicted molar refractivity (Wildman–Crippen MR) is 86.7 cm³/mol. The molecule has 21 heavy (non-hydrogen) atoms. The van der Waals surface area contributed by atoms with E-state index in [1.807, 2.05) is 0 Å². The maximum Gasteiger partial charge on any atom is 0.297 e. The Morgan fingerprint density at radius 3 is 2.14 bits per heavy atom. The molecule has 0 spiro atoms. The third-order valence-corrected chi connectivity index (χ3v) is 3.60. The van der Waals surface area contributed by atoms with Gasteiger partial charge in [0.05, 0.1) is 0 Å². The molecule has 0 aliphatic carbocycles. The molecule has 0 saturated carbocycles. The lowest BCUT2D eigenvalue weighted by Gasteiger charge is -2.11. The van der Waals surface area contributed by atoms with E-state index in [4.69, 9.17) is 0 Å². The molecule has 0 heterocycles. The highest BCUT2D eigenvalue weighted by atomic mass is 16.6. The number of aliphatic hydroxyl groups is 1. The smallest absolute Gasteiger partial charge is 0.297 e. The molecule has 2 atom stereocenters. The van der Waals surface area contributed by atoms with E-state index < -0.39 is 17.1 Å². The van der Waals surface area contributed by atoms with E-state index >= 15 is 0 Å². The van der Waals surface area contributed by atoms with Crippen molar-refractivity contribution in [3.05, 3.63) is 10.1 Å². The van der Waals surface area contributed by atoms with Gasteiger partial charge in [0.25, 0.3) is 6.04 Å². The highest BCUT2D eigenvalue weighted by Crippen LogP contribution is 2.10. The Morgan fingerprint density at radius 1 is 1.00 bits per heavy atom. The van der Waals surface area contributed by atoms with Crippen LogP contribution in [-0.2, 0) is 0 Å². The Hall–Kier alpha value is -1.08. The highest BCUT2D eigenvalue weighted by Gasteiger charge is 2.26. The number of aliphatic hydroxyl groups excluding tert-OH is 1. The molecule has 4 nitrogen and oxygen atoms in total. The Bertz CT molecular complexity index is 320. The zero-order valence-electron chi connectivity index (χ0n) is 13.6. The second kappa shape index (κ2) is 13.9. The molecule has 0 fully saturated rings. The summed E-state index contributed by atoms with van der Waals surface area (Å²) in [5.41, 5.74) is 0. The summed E-state index contributed by atoms with van der Waals surface area (Å²) in [7, 11) is 0. The first-order chi connectivity index (χ1) is 10.1. The van der Waals surface area contributed by atoms with Crippen LogP contribution in [0.3, 0.4) is 0 Å². The first kappa shape index (κ1) is 19.9. The Morgan fingerprint density at radius 2 is 1.57 bits per heavy atom. The van der Waals surface area contributed by atoms with Gasteiger partial charge in [-0.2, -0.15) is 0 Å². The fourth-order valence-corrected chi connectivity index (χ4v) is 2.22. The molecule has 1 N–H and O–H groups in total. The van der Waals surface area contributed by atoms with Crippen molar-refractivity contribution in [1.29, 1.82) is 0 Å². The summed E-state index contributed by atoms with van der Waals surface area (Å²) in [4.78, 5) is 10.5. The zero-order chi connectivity index (χ0) is 15.9. The molecule has 0 aliphatic heterocycles. The lowest BCUT2D eigenvalue weighted by atomic mass is 10.0. The minimum absolute atomic E-state index is 0.450. The quantitative estimate of drug-likeness (QED) is 0.252. The lowest BCUT2D eigenvalue weighted by Crippen LogP contribution is -2.32. The topological polar surface area (TPSA) is 63.4 Å². The summed E-state index contributed by atoms with van der Waals surface area (Å²) in [6.45, 7) is 4.28. The van der Waals surface area contributed by atoms with E-state index in [-0.39, 0.29) is 0 Å². The number of nitrogens with zero attached hydrogens (tertiary/aromatic N) is 1. The molecule has 0 aliphatic rings. The third-order valence-electron chi connectivity index (χ3n) is 3.60. The van der Waals surface area contributed by atoms with Crippen molar-refractivity contribution in [1.82, 2.24) is 0 Å². The van der Waals surface area contributed by atoms with E-state index in [2.05, 4.69) is 25.7 Å². The monoisotopic (exact) mass is 297 g/mol. The lowest BCUT2D eigenvalue weighted by molar-refractivity contribution is -0.518. The maximum atomic E-state index is 11.0. The average Bonchev–Trinajstić information content (AvgIpc) is 2.46. The minimum atomic E-state index is -1.12. The second-order valence-electron chi connectivity index (χ2n) is 5.63. The highest BCUT2D eigenvalue weighted by molar-refractivity contribution is 5.06. The molecule has 0 amide bonds. The molecule has 0 aromatic heterocycles.